The molecule has 28 heavy (non-hydrogen) atoms. The van der Waals surface area contributed by atoms with Crippen LogP contribution in [-0.2, 0) is 0 Å². The van der Waals surface area contributed by atoms with Gasteiger partial charge in [-0.15, -0.1) is 0 Å². The maximum absolute atomic E-state index is 12.6. The van der Waals surface area contributed by atoms with Crippen molar-refractivity contribution in [1.82, 2.24) is 4.98 Å². The van der Waals surface area contributed by atoms with Crippen molar-refractivity contribution in [3.8, 4) is 11.5 Å². The monoisotopic (exact) mass is 375 g/mol. The summed E-state index contributed by atoms with van der Waals surface area (Å²) in [6.07, 6.45) is 1.61. The minimum atomic E-state index is -0.255. The molecule has 0 unspecified atom stereocenters. The SMILES string of the molecule is Cc1ccc(NC(=O)c2cc(Nc3ccc4c(c3)OCCO4)ccn2)cc1C. The highest BCUT2D eigenvalue weighted by Crippen LogP contribution is 2.33. The smallest absolute Gasteiger partial charge is 0.274 e. The van der Waals surface area contributed by atoms with Gasteiger partial charge in [-0.25, -0.2) is 0 Å². The lowest BCUT2D eigenvalue weighted by Gasteiger charge is -2.19. The minimum Gasteiger partial charge on any atom is -0.486 e. The second-order valence-corrected chi connectivity index (χ2v) is 6.67. The van der Waals surface area contributed by atoms with Crippen molar-refractivity contribution in [2.75, 3.05) is 23.8 Å². The Morgan fingerprint density at radius 1 is 0.857 bits per heavy atom. The molecule has 1 aliphatic heterocycles. The fourth-order valence-electron chi connectivity index (χ4n) is 2.93. The molecule has 6 heteroatoms. The molecule has 0 saturated heterocycles. The summed E-state index contributed by atoms with van der Waals surface area (Å²) in [5, 5.41) is 6.17. The van der Waals surface area contributed by atoms with Crippen molar-refractivity contribution in [2.45, 2.75) is 13.8 Å². The number of amides is 1. The number of hydrogen-bond donors (Lipinski definition) is 2. The van der Waals surface area contributed by atoms with Crippen molar-refractivity contribution < 1.29 is 14.3 Å². The Bertz CT molecular complexity index is 1030. The van der Waals surface area contributed by atoms with E-state index in [1.807, 2.05) is 56.3 Å². The number of hydrogen-bond acceptors (Lipinski definition) is 5. The Labute approximate surface area is 163 Å². The molecule has 0 bridgehead atoms. The molecule has 1 amide bonds. The van der Waals surface area contributed by atoms with Crippen molar-refractivity contribution in [1.29, 1.82) is 0 Å². The Morgan fingerprint density at radius 2 is 1.61 bits per heavy atom. The number of pyridine rings is 1. The van der Waals surface area contributed by atoms with Gasteiger partial charge in [-0.3, -0.25) is 9.78 Å². The van der Waals surface area contributed by atoms with Gasteiger partial charge in [-0.1, -0.05) is 6.07 Å². The fraction of sp³-hybridized carbons (Fsp3) is 0.182. The van der Waals surface area contributed by atoms with Crippen LogP contribution in [0.1, 0.15) is 21.6 Å². The maximum atomic E-state index is 12.6. The summed E-state index contributed by atoms with van der Waals surface area (Å²) in [7, 11) is 0. The van der Waals surface area contributed by atoms with Crippen LogP contribution in [0.5, 0.6) is 11.5 Å². The predicted molar refractivity (Wildman–Crippen MR) is 109 cm³/mol. The van der Waals surface area contributed by atoms with Crippen molar-refractivity contribution in [2.24, 2.45) is 0 Å². The lowest BCUT2D eigenvalue weighted by Crippen LogP contribution is -2.15. The number of anilines is 3. The van der Waals surface area contributed by atoms with Gasteiger partial charge >= 0.3 is 0 Å². The standard InChI is InChI=1S/C22H21N3O3/c1-14-3-4-16(11-15(14)2)25-22(26)19-12-18(7-8-23-19)24-17-5-6-20-21(13-17)28-10-9-27-20/h3-8,11-13H,9-10H2,1-2H3,(H,23,24)(H,25,26). The van der Waals surface area contributed by atoms with Crippen LogP contribution in [0.2, 0.25) is 0 Å². The van der Waals surface area contributed by atoms with Gasteiger partial charge in [0.25, 0.3) is 5.91 Å². The molecular weight excluding hydrogens is 354 g/mol. The van der Waals surface area contributed by atoms with Gasteiger partial charge in [-0.2, -0.15) is 0 Å². The molecule has 4 rings (SSSR count). The summed E-state index contributed by atoms with van der Waals surface area (Å²) >= 11 is 0. The number of carbonyl (C=O) groups is 1. The van der Waals surface area contributed by atoms with Crippen LogP contribution in [0.15, 0.2) is 54.7 Å². The second-order valence-electron chi connectivity index (χ2n) is 6.67. The Kier molecular flexibility index (Phi) is 4.85. The first kappa shape index (κ1) is 17.9. The third kappa shape index (κ3) is 3.91. The molecule has 1 aromatic heterocycles. The highest BCUT2D eigenvalue weighted by atomic mass is 16.6. The van der Waals surface area contributed by atoms with Gasteiger partial charge in [0.05, 0.1) is 0 Å². The number of ether oxygens (including phenoxy) is 2. The van der Waals surface area contributed by atoms with Gasteiger partial charge in [0, 0.05) is 29.3 Å². The zero-order chi connectivity index (χ0) is 19.5. The molecule has 0 saturated carbocycles. The zero-order valence-electron chi connectivity index (χ0n) is 15.8. The first-order valence-corrected chi connectivity index (χ1v) is 9.10. The molecule has 142 valence electrons. The molecule has 0 spiro atoms. The van der Waals surface area contributed by atoms with Crippen molar-refractivity contribution in [3.63, 3.8) is 0 Å². The Balaban J connectivity index is 1.49. The van der Waals surface area contributed by atoms with E-state index in [0.29, 0.717) is 24.7 Å². The molecule has 0 radical (unpaired) electrons. The highest BCUT2D eigenvalue weighted by Gasteiger charge is 2.13. The predicted octanol–water partition coefficient (Wildman–Crippen LogP) is 4.47. The van der Waals surface area contributed by atoms with Gasteiger partial charge in [-0.05, 0) is 61.4 Å². The number of aryl methyl sites for hydroxylation is 2. The van der Waals surface area contributed by atoms with Crippen LogP contribution in [0.3, 0.4) is 0 Å². The minimum absolute atomic E-state index is 0.255. The van der Waals surface area contributed by atoms with Crippen molar-refractivity contribution >= 4 is 23.0 Å². The topological polar surface area (TPSA) is 72.5 Å². The molecule has 2 aromatic carbocycles. The van der Waals surface area contributed by atoms with E-state index in [-0.39, 0.29) is 5.91 Å². The van der Waals surface area contributed by atoms with Crippen molar-refractivity contribution in [3.05, 3.63) is 71.5 Å². The molecule has 0 atom stereocenters. The molecule has 1 aliphatic rings. The highest BCUT2D eigenvalue weighted by molar-refractivity contribution is 6.03. The van der Waals surface area contributed by atoms with E-state index < -0.39 is 0 Å². The largest absolute Gasteiger partial charge is 0.486 e. The van der Waals surface area contributed by atoms with E-state index in [4.69, 9.17) is 9.47 Å². The average molecular weight is 375 g/mol. The average Bonchev–Trinajstić information content (AvgIpc) is 2.71. The number of benzene rings is 2. The summed E-state index contributed by atoms with van der Waals surface area (Å²) in [6.45, 7) is 5.15. The summed E-state index contributed by atoms with van der Waals surface area (Å²) in [4.78, 5) is 16.8. The second kappa shape index (κ2) is 7.60. The Hall–Kier alpha value is -3.54. The third-order valence-electron chi connectivity index (χ3n) is 4.59. The van der Waals surface area contributed by atoms with Crippen LogP contribution < -0.4 is 20.1 Å². The normalized spacial score (nSPS) is 12.4. The number of aromatic nitrogens is 1. The zero-order valence-corrected chi connectivity index (χ0v) is 15.8. The number of carbonyl (C=O) groups excluding carboxylic acids is 1. The van der Waals surface area contributed by atoms with Crippen LogP contribution in [-0.4, -0.2) is 24.1 Å². The van der Waals surface area contributed by atoms with E-state index in [1.165, 1.54) is 5.56 Å². The van der Waals surface area contributed by atoms with E-state index >= 15 is 0 Å². The van der Waals surface area contributed by atoms with Crippen LogP contribution in [0.25, 0.3) is 0 Å². The molecule has 2 heterocycles. The van der Waals surface area contributed by atoms with E-state index in [1.54, 1.807) is 12.3 Å². The summed E-state index contributed by atoms with van der Waals surface area (Å²) in [5.74, 6) is 1.19. The maximum Gasteiger partial charge on any atom is 0.274 e. The van der Waals surface area contributed by atoms with E-state index in [0.717, 1.165) is 28.4 Å². The van der Waals surface area contributed by atoms with Crippen LogP contribution >= 0.6 is 0 Å². The number of nitrogens with zero attached hydrogens (tertiary/aromatic N) is 1. The molecule has 2 N–H and O–H groups in total. The quantitative estimate of drug-likeness (QED) is 0.704. The van der Waals surface area contributed by atoms with Crippen LogP contribution in [0, 0.1) is 13.8 Å². The number of nitrogens with one attached hydrogen (secondary N) is 2. The molecule has 6 nitrogen and oxygen atoms in total. The molecule has 0 fully saturated rings. The number of fused-ring (bicyclic) bond motifs is 1. The summed E-state index contributed by atoms with van der Waals surface area (Å²) < 4.78 is 11.1. The Morgan fingerprint density at radius 3 is 2.43 bits per heavy atom. The lowest BCUT2D eigenvalue weighted by atomic mass is 10.1. The first-order valence-electron chi connectivity index (χ1n) is 9.10. The molecular formula is C22H21N3O3. The van der Waals surface area contributed by atoms with Gasteiger partial charge in [0.15, 0.2) is 11.5 Å². The lowest BCUT2D eigenvalue weighted by molar-refractivity contribution is 0.102. The first-order chi connectivity index (χ1) is 13.6. The van der Waals surface area contributed by atoms with Gasteiger partial charge in [0.2, 0.25) is 0 Å². The molecule has 0 aliphatic carbocycles. The third-order valence-corrected chi connectivity index (χ3v) is 4.59. The van der Waals surface area contributed by atoms with E-state index in [2.05, 4.69) is 15.6 Å². The van der Waals surface area contributed by atoms with Crippen LogP contribution in [0.4, 0.5) is 17.1 Å². The molecule has 3 aromatic rings. The number of rotatable bonds is 4. The summed E-state index contributed by atoms with van der Waals surface area (Å²) in [6, 6.07) is 15.0. The van der Waals surface area contributed by atoms with Gasteiger partial charge < -0.3 is 20.1 Å². The van der Waals surface area contributed by atoms with Gasteiger partial charge in [0.1, 0.15) is 18.9 Å². The fourth-order valence-corrected chi connectivity index (χ4v) is 2.93. The van der Waals surface area contributed by atoms with E-state index in [9.17, 15) is 4.79 Å². The summed E-state index contributed by atoms with van der Waals surface area (Å²) in [5.41, 5.74) is 5.00.